The van der Waals surface area contributed by atoms with Gasteiger partial charge in [-0.25, -0.2) is 4.39 Å². The maximum absolute atomic E-state index is 13.8. The summed E-state index contributed by atoms with van der Waals surface area (Å²) in [5.41, 5.74) is 6.52. The summed E-state index contributed by atoms with van der Waals surface area (Å²) in [6, 6.07) is 4.94. The monoisotopic (exact) mass is 278 g/mol. The zero-order valence-electron chi connectivity index (χ0n) is 12.0. The number of hydrogen-bond donors (Lipinski definition) is 2. The van der Waals surface area contributed by atoms with E-state index in [9.17, 15) is 9.18 Å². The van der Waals surface area contributed by atoms with E-state index in [2.05, 4.69) is 12.2 Å². The highest BCUT2D eigenvalue weighted by molar-refractivity contribution is 5.82. The van der Waals surface area contributed by atoms with Crippen molar-refractivity contribution in [3.63, 3.8) is 0 Å². The van der Waals surface area contributed by atoms with Crippen LogP contribution >= 0.6 is 0 Å². The maximum atomic E-state index is 13.8. The second-order valence-corrected chi connectivity index (χ2v) is 5.65. The summed E-state index contributed by atoms with van der Waals surface area (Å²) in [4.78, 5) is 12.4. The van der Waals surface area contributed by atoms with Crippen molar-refractivity contribution < 1.29 is 9.18 Å². The zero-order chi connectivity index (χ0) is 14.6. The number of halogens is 1. The Bertz CT molecular complexity index is 481. The first-order chi connectivity index (χ1) is 9.61. The van der Waals surface area contributed by atoms with Gasteiger partial charge in [0.25, 0.3) is 0 Å². The van der Waals surface area contributed by atoms with Crippen LogP contribution in [0.25, 0.3) is 0 Å². The van der Waals surface area contributed by atoms with Crippen LogP contribution in [0.15, 0.2) is 18.2 Å². The standard InChI is InChI=1S/C16H23FN2O/c1-2-16(7-3-4-8-16)15(20)19-11-13-6-5-12(10-18)9-14(13)17/h5-6,9H,2-4,7-8,10-11,18H2,1H3,(H,19,20). The third kappa shape index (κ3) is 3.01. The van der Waals surface area contributed by atoms with Crippen LogP contribution in [-0.4, -0.2) is 5.91 Å². The molecule has 2 rings (SSSR count). The van der Waals surface area contributed by atoms with Gasteiger partial charge in [0.05, 0.1) is 0 Å². The van der Waals surface area contributed by atoms with Crippen molar-refractivity contribution in [2.45, 2.75) is 52.1 Å². The number of rotatable bonds is 5. The average Bonchev–Trinajstić information content (AvgIpc) is 2.95. The van der Waals surface area contributed by atoms with Gasteiger partial charge in [-0.05, 0) is 30.9 Å². The molecule has 1 fully saturated rings. The number of carbonyl (C=O) groups excluding carboxylic acids is 1. The lowest BCUT2D eigenvalue weighted by atomic mass is 9.82. The Kier molecular flexibility index (Phi) is 4.76. The summed E-state index contributed by atoms with van der Waals surface area (Å²) in [6.07, 6.45) is 4.98. The molecule has 1 amide bonds. The fraction of sp³-hybridized carbons (Fsp3) is 0.562. The molecule has 0 saturated heterocycles. The maximum Gasteiger partial charge on any atom is 0.226 e. The topological polar surface area (TPSA) is 55.1 Å². The van der Waals surface area contributed by atoms with E-state index in [4.69, 9.17) is 5.73 Å². The fourth-order valence-corrected chi connectivity index (χ4v) is 3.02. The summed E-state index contributed by atoms with van der Waals surface area (Å²) in [5.74, 6) is -0.231. The number of benzene rings is 1. The summed E-state index contributed by atoms with van der Waals surface area (Å²) >= 11 is 0. The molecule has 0 aliphatic heterocycles. The predicted octanol–water partition coefficient (Wildman–Crippen LogP) is 2.87. The number of nitrogens with one attached hydrogen (secondary N) is 1. The van der Waals surface area contributed by atoms with Crippen LogP contribution in [0.4, 0.5) is 4.39 Å². The molecule has 0 bridgehead atoms. The minimum atomic E-state index is -0.301. The molecule has 1 aliphatic carbocycles. The molecule has 0 unspecified atom stereocenters. The largest absolute Gasteiger partial charge is 0.351 e. The average molecular weight is 278 g/mol. The van der Waals surface area contributed by atoms with Crippen molar-refractivity contribution in [1.29, 1.82) is 0 Å². The van der Waals surface area contributed by atoms with Gasteiger partial charge >= 0.3 is 0 Å². The van der Waals surface area contributed by atoms with Gasteiger partial charge in [-0.3, -0.25) is 4.79 Å². The van der Waals surface area contributed by atoms with Crippen LogP contribution in [0.3, 0.4) is 0 Å². The SMILES string of the molecule is CCC1(C(=O)NCc2ccc(CN)cc2F)CCCC1. The number of hydrogen-bond acceptors (Lipinski definition) is 2. The van der Waals surface area contributed by atoms with Crippen LogP contribution in [-0.2, 0) is 17.9 Å². The molecule has 1 aromatic carbocycles. The molecule has 1 aromatic rings. The molecule has 0 heterocycles. The van der Waals surface area contributed by atoms with Crippen LogP contribution in [0.1, 0.15) is 50.2 Å². The third-order valence-electron chi connectivity index (χ3n) is 4.51. The van der Waals surface area contributed by atoms with Crippen molar-refractivity contribution in [1.82, 2.24) is 5.32 Å². The van der Waals surface area contributed by atoms with Crippen molar-refractivity contribution in [2.75, 3.05) is 0 Å². The molecule has 0 spiro atoms. The molecule has 0 radical (unpaired) electrons. The van der Waals surface area contributed by atoms with E-state index < -0.39 is 0 Å². The zero-order valence-corrected chi connectivity index (χ0v) is 12.0. The first-order valence-corrected chi connectivity index (χ1v) is 7.37. The van der Waals surface area contributed by atoms with Crippen molar-refractivity contribution >= 4 is 5.91 Å². The molecule has 0 aromatic heterocycles. The summed E-state index contributed by atoms with van der Waals surface area (Å²) in [6.45, 7) is 2.63. The third-order valence-corrected chi connectivity index (χ3v) is 4.51. The van der Waals surface area contributed by atoms with Gasteiger partial charge in [0, 0.05) is 24.1 Å². The van der Waals surface area contributed by atoms with Gasteiger partial charge in [-0.2, -0.15) is 0 Å². The normalized spacial score (nSPS) is 17.1. The van der Waals surface area contributed by atoms with Gasteiger partial charge < -0.3 is 11.1 Å². The van der Waals surface area contributed by atoms with Gasteiger partial charge in [0.1, 0.15) is 5.82 Å². The van der Waals surface area contributed by atoms with Crippen LogP contribution in [0.5, 0.6) is 0 Å². The summed E-state index contributed by atoms with van der Waals surface area (Å²) < 4.78 is 13.8. The van der Waals surface area contributed by atoms with Gasteiger partial charge in [0.2, 0.25) is 5.91 Å². The molecule has 1 saturated carbocycles. The molecule has 1 aliphatic rings. The highest BCUT2D eigenvalue weighted by Gasteiger charge is 2.38. The second kappa shape index (κ2) is 6.35. The van der Waals surface area contributed by atoms with E-state index in [0.717, 1.165) is 37.7 Å². The Balaban J connectivity index is 1.99. The minimum Gasteiger partial charge on any atom is -0.351 e. The lowest BCUT2D eigenvalue weighted by Crippen LogP contribution is -2.38. The van der Waals surface area contributed by atoms with Crippen molar-refractivity contribution in [3.8, 4) is 0 Å². The molecular weight excluding hydrogens is 255 g/mol. The molecule has 3 nitrogen and oxygen atoms in total. The predicted molar refractivity (Wildman–Crippen MR) is 77.3 cm³/mol. The number of nitrogens with two attached hydrogens (primary N) is 1. The highest BCUT2D eigenvalue weighted by atomic mass is 19.1. The Morgan fingerprint density at radius 1 is 1.40 bits per heavy atom. The molecule has 0 atom stereocenters. The number of carbonyl (C=O) groups is 1. The molecule has 20 heavy (non-hydrogen) atoms. The lowest BCUT2D eigenvalue weighted by Gasteiger charge is -2.26. The Hall–Kier alpha value is -1.42. The van der Waals surface area contributed by atoms with Crippen molar-refractivity contribution in [3.05, 3.63) is 35.1 Å². The van der Waals surface area contributed by atoms with E-state index in [-0.39, 0.29) is 23.7 Å². The first kappa shape index (κ1) is 15.0. The lowest BCUT2D eigenvalue weighted by molar-refractivity contribution is -0.131. The van der Waals surface area contributed by atoms with Crippen LogP contribution in [0, 0.1) is 11.2 Å². The fourth-order valence-electron chi connectivity index (χ4n) is 3.02. The van der Waals surface area contributed by atoms with E-state index >= 15 is 0 Å². The molecule has 110 valence electrons. The Labute approximate surface area is 119 Å². The van der Waals surface area contributed by atoms with Gasteiger partial charge in [0.15, 0.2) is 0 Å². The van der Waals surface area contributed by atoms with E-state index in [1.807, 2.05) is 0 Å². The summed E-state index contributed by atoms with van der Waals surface area (Å²) in [5, 5.41) is 2.90. The first-order valence-electron chi connectivity index (χ1n) is 7.37. The Morgan fingerprint density at radius 3 is 2.65 bits per heavy atom. The smallest absolute Gasteiger partial charge is 0.226 e. The van der Waals surface area contributed by atoms with Gasteiger partial charge in [-0.1, -0.05) is 31.9 Å². The van der Waals surface area contributed by atoms with E-state index in [1.54, 1.807) is 12.1 Å². The summed E-state index contributed by atoms with van der Waals surface area (Å²) in [7, 11) is 0. The van der Waals surface area contributed by atoms with Crippen LogP contribution in [0.2, 0.25) is 0 Å². The van der Waals surface area contributed by atoms with E-state index in [1.165, 1.54) is 6.07 Å². The quantitative estimate of drug-likeness (QED) is 0.870. The van der Waals surface area contributed by atoms with E-state index in [0.29, 0.717) is 12.1 Å². The van der Waals surface area contributed by atoms with Crippen molar-refractivity contribution in [2.24, 2.45) is 11.1 Å². The Morgan fingerprint density at radius 2 is 2.10 bits per heavy atom. The second-order valence-electron chi connectivity index (χ2n) is 5.65. The molecule has 3 N–H and O–H groups in total. The molecular formula is C16H23FN2O. The van der Waals surface area contributed by atoms with Crippen LogP contribution < -0.4 is 11.1 Å². The van der Waals surface area contributed by atoms with Gasteiger partial charge in [-0.15, -0.1) is 0 Å². The molecule has 4 heteroatoms. The highest BCUT2D eigenvalue weighted by Crippen LogP contribution is 2.41. The number of amides is 1. The minimum absolute atomic E-state index is 0.0693.